The van der Waals surface area contributed by atoms with Crippen LogP contribution in [-0.4, -0.2) is 0 Å². The van der Waals surface area contributed by atoms with Crippen molar-refractivity contribution in [2.75, 3.05) is 5.73 Å². The third-order valence-electron chi connectivity index (χ3n) is 2.22. The van der Waals surface area contributed by atoms with E-state index in [4.69, 9.17) is 11.5 Å². The zero-order valence-corrected chi connectivity index (χ0v) is 7.97. The highest BCUT2D eigenvalue weighted by Crippen LogP contribution is 2.22. The van der Waals surface area contributed by atoms with Crippen LogP contribution in [0.2, 0.25) is 0 Å². The molecule has 0 amide bonds. The summed E-state index contributed by atoms with van der Waals surface area (Å²) in [4.78, 5) is 0. The molecule has 0 fully saturated rings. The van der Waals surface area contributed by atoms with Crippen LogP contribution in [0, 0.1) is 12.7 Å². The molecule has 0 bridgehead atoms. The molecule has 3 heteroatoms. The second kappa shape index (κ2) is 3.75. The molecular formula is C10H15FN2. The summed E-state index contributed by atoms with van der Waals surface area (Å²) >= 11 is 0. The van der Waals surface area contributed by atoms with Crippen LogP contribution in [0.1, 0.15) is 30.5 Å². The molecule has 2 nitrogen and oxygen atoms in total. The first-order valence-electron chi connectivity index (χ1n) is 4.37. The maximum Gasteiger partial charge on any atom is 0.146 e. The van der Waals surface area contributed by atoms with E-state index in [-0.39, 0.29) is 17.5 Å². The van der Waals surface area contributed by atoms with Crippen LogP contribution in [0.5, 0.6) is 0 Å². The molecule has 0 spiro atoms. The second-order valence-corrected chi connectivity index (χ2v) is 3.25. The smallest absolute Gasteiger partial charge is 0.146 e. The normalized spacial score (nSPS) is 12.9. The highest BCUT2D eigenvalue weighted by molar-refractivity contribution is 5.46. The molecule has 0 aromatic heterocycles. The molecule has 0 aliphatic carbocycles. The summed E-state index contributed by atoms with van der Waals surface area (Å²) in [6.07, 6.45) is 0.796. The molecule has 0 aliphatic rings. The SMILES string of the molecule is CC[C@@H](N)c1cc(F)c(N)cc1C. The zero-order valence-electron chi connectivity index (χ0n) is 7.97. The van der Waals surface area contributed by atoms with Crippen molar-refractivity contribution >= 4 is 5.69 Å². The van der Waals surface area contributed by atoms with Gasteiger partial charge in [-0.1, -0.05) is 6.92 Å². The number of nitrogens with two attached hydrogens (primary N) is 2. The Labute approximate surface area is 77.7 Å². The fraction of sp³-hybridized carbons (Fsp3) is 0.400. The molecule has 1 aromatic rings. The lowest BCUT2D eigenvalue weighted by molar-refractivity contribution is 0.619. The quantitative estimate of drug-likeness (QED) is 0.688. The Kier molecular flexibility index (Phi) is 2.88. The Bertz CT molecular complexity index is 310. The van der Waals surface area contributed by atoms with Gasteiger partial charge < -0.3 is 11.5 Å². The zero-order chi connectivity index (χ0) is 10.0. The number of halogens is 1. The van der Waals surface area contributed by atoms with E-state index in [1.54, 1.807) is 6.07 Å². The van der Waals surface area contributed by atoms with Crippen molar-refractivity contribution in [3.05, 3.63) is 29.1 Å². The number of hydrogen-bond acceptors (Lipinski definition) is 2. The van der Waals surface area contributed by atoms with Gasteiger partial charge in [0.05, 0.1) is 5.69 Å². The third-order valence-corrected chi connectivity index (χ3v) is 2.22. The number of rotatable bonds is 2. The van der Waals surface area contributed by atoms with Gasteiger partial charge in [-0.05, 0) is 36.6 Å². The van der Waals surface area contributed by atoms with Gasteiger partial charge in [0.2, 0.25) is 0 Å². The Morgan fingerprint density at radius 2 is 2.08 bits per heavy atom. The topological polar surface area (TPSA) is 52.0 Å². The van der Waals surface area contributed by atoms with Gasteiger partial charge in [0.1, 0.15) is 5.82 Å². The average Bonchev–Trinajstić information content (AvgIpc) is 2.10. The lowest BCUT2D eigenvalue weighted by Crippen LogP contribution is -2.11. The summed E-state index contributed by atoms with van der Waals surface area (Å²) < 4.78 is 13.1. The van der Waals surface area contributed by atoms with Crippen molar-refractivity contribution in [1.29, 1.82) is 0 Å². The number of nitrogen functional groups attached to an aromatic ring is 1. The van der Waals surface area contributed by atoms with Crippen molar-refractivity contribution in [3.8, 4) is 0 Å². The maximum absolute atomic E-state index is 13.1. The van der Waals surface area contributed by atoms with Gasteiger partial charge in [0.15, 0.2) is 0 Å². The van der Waals surface area contributed by atoms with Crippen molar-refractivity contribution in [2.24, 2.45) is 5.73 Å². The van der Waals surface area contributed by atoms with E-state index in [0.717, 1.165) is 17.5 Å². The van der Waals surface area contributed by atoms with Gasteiger partial charge in [-0.15, -0.1) is 0 Å². The molecule has 1 rings (SSSR count). The van der Waals surface area contributed by atoms with Crippen molar-refractivity contribution in [2.45, 2.75) is 26.3 Å². The average molecular weight is 182 g/mol. The van der Waals surface area contributed by atoms with Crippen LogP contribution in [0.15, 0.2) is 12.1 Å². The predicted octanol–water partition coefficient (Wildman–Crippen LogP) is 2.13. The number of aryl methyl sites for hydroxylation is 1. The van der Waals surface area contributed by atoms with Crippen LogP contribution in [0.4, 0.5) is 10.1 Å². The summed E-state index contributed by atoms with van der Waals surface area (Å²) in [6.45, 7) is 3.86. The minimum absolute atomic E-state index is 0.102. The third kappa shape index (κ3) is 1.98. The van der Waals surface area contributed by atoms with E-state index in [9.17, 15) is 4.39 Å². The highest BCUT2D eigenvalue weighted by atomic mass is 19.1. The first-order valence-corrected chi connectivity index (χ1v) is 4.37. The molecule has 1 atom stereocenters. The standard InChI is InChI=1S/C10H15FN2/c1-3-9(12)7-5-8(11)10(13)4-6(7)2/h4-5,9H,3,12-13H2,1-2H3/t9-/m1/s1. The van der Waals surface area contributed by atoms with E-state index in [2.05, 4.69) is 0 Å². The number of anilines is 1. The summed E-state index contributed by atoms with van der Waals surface area (Å²) in [7, 11) is 0. The highest BCUT2D eigenvalue weighted by Gasteiger charge is 2.09. The molecule has 0 aliphatic heterocycles. The Hall–Kier alpha value is -1.09. The Balaban J connectivity index is 3.15. The van der Waals surface area contributed by atoms with Crippen LogP contribution in [0.3, 0.4) is 0 Å². The molecule has 0 saturated carbocycles. The van der Waals surface area contributed by atoms with Crippen molar-refractivity contribution in [1.82, 2.24) is 0 Å². The van der Waals surface area contributed by atoms with Crippen LogP contribution >= 0.6 is 0 Å². The second-order valence-electron chi connectivity index (χ2n) is 3.25. The fourth-order valence-corrected chi connectivity index (χ4v) is 1.34. The molecule has 4 N–H and O–H groups in total. The van der Waals surface area contributed by atoms with Gasteiger partial charge in [-0.25, -0.2) is 4.39 Å². The van der Waals surface area contributed by atoms with Gasteiger partial charge in [-0.3, -0.25) is 0 Å². The van der Waals surface area contributed by atoms with E-state index in [0.29, 0.717) is 0 Å². The van der Waals surface area contributed by atoms with E-state index < -0.39 is 0 Å². The summed E-state index contributed by atoms with van der Waals surface area (Å²) in [6, 6.07) is 2.95. The predicted molar refractivity (Wildman–Crippen MR) is 52.8 cm³/mol. The van der Waals surface area contributed by atoms with Gasteiger partial charge in [-0.2, -0.15) is 0 Å². The molecule has 0 radical (unpaired) electrons. The van der Waals surface area contributed by atoms with Crippen LogP contribution < -0.4 is 11.5 Å². The monoisotopic (exact) mass is 182 g/mol. The molecule has 0 unspecified atom stereocenters. The molecule has 72 valence electrons. The van der Waals surface area contributed by atoms with E-state index in [1.807, 2.05) is 13.8 Å². The minimum Gasteiger partial charge on any atom is -0.396 e. The van der Waals surface area contributed by atoms with Crippen molar-refractivity contribution in [3.63, 3.8) is 0 Å². The molecule has 0 heterocycles. The first kappa shape index (κ1) is 9.99. The molecular weight excluding hydrogens is 167 g/mol. The first-order chi connectivity index (χ1) is 6.06. The van der Waals surface area contributed by atoms with Crippen LogP contribution in [-0.2, 0) is 0 Å². The van der Waals surface area contributed by atoms with E-state index >= 15 is 0 Å². The van der Waals surface area contributed by atoms with Gasteiger partial charge in [0, 0.05) is 6.04 Å². The van der Waals surface area contributed by atoms with Gasteiger partial charge >= 0.3 is 0 Å². The maximum atomic E-state index is 13.1. The minimum atomic E-state index is -0.385. The molecule has 13 heavy (non-hydrogen) atoms. The lowest BCUT2D eigenvalue weighted by atomic mass is 9.99. The van der Waals surface area contributed by atoms with Crippen molar-refractivity contribution < 1.29 is 4.39 Å². The summed E-state index contributed by atoms with van der Waals surface area (Å²) in [5.41, 5.74) is 13.2. The Morgan fingerprint density at radius 1 is 1.46 bits per heavy atom. The Morgan fingerprint density at radius 3 is 2.62 bits per heavy atom. The van der Waals surface area contributed by atoms with Crippen LogP contribution in [0.25, 0.3) is 0 Å². The lowest BCUT2D eigenvalue weighted by Gasteiger charge is -2.13. The summed E-state index contributed by atoms with van der Waals surface area (Å²) in [5.74, 6) is -0.385. The number of hydrogen-bond donors (Lipinski definition) is 2. The van der Waals surface area contributed by atoms with Gasteiger partial charge in [0.25, 0.3) is 0 Å². The van der Waals surface area contributed by atoms with E-state index in [1.165, 1.54) is 6.07 Å². The number of benzene rings is 1. The summed E-state index contributed by atoms with van der Waals surface area (Å²) in [5, 5.41) is 0. The molecule has 0 saturated heterocycles. The largest absolute Gasteiger partial charge is 0.396 e. The molecule has 1 aromatic carbocycles. The fourth-order valence-electron chi connectivity index (χ4n) is 1.34.